The Labute approximate surface area is 122 Å². The summed E-state index contributed by atoms with van der Waals surface area (Å²) in [6, 6.07) is 7.89. The van der Waals surface area contributed by atoms with Gasteiger partial charge >= 0.3 is 0 Å². The highest BCUT2D eigenvalue weighted by Crippen LogP contribution is 2.26. The molecule has 1 aliphatic heterocycles. The summed E-state index contributed by atoms with van der Waals surface area (Å²) in [6.45, 7) is 0.797. The van der Waals surface area contributed by atoms with E-state index in [0.717, 1.165) is 0 Å². The van der Waals surface area contributed by atoms with Gasteiger partial charge in [0.2, 0.25) is 10.0 Å². The van der Waals surface area contributed by atoms with Crippen LogP contribution in [0.2, 0.25) is 0 Å². The molecule has 0 amide bonds. The van der Waals surface area contributed by atoms with Gasteiger partial charge in [0.1, 0.15) is 0 Å². The summed E-state index contributed by atoms with van der Waals surface area (Å²) in [5, 5.41) is 16.9. The van der Waals surface area contributed by atoms with Gasteiger partial charge in [-0.1, -0.05) is 0 Å². The Morgan fingerprint density at radius 2 is 1.86 bits per heavy atom. The molecule has 21 heavy (non-hydrogen) atoms. The van der Waals surface area contributed by atoms with E-state index in [9.17, 15) is 8.42 Å². The van der Waals surface area contributed by atoms with Crippen molar-refractivity contribution in [3.05, 3.63) is 42.2 Å². The Morgan fingerprint density at radius 3 is 2.48 bits per heavy atom. The second-order valence-electron chi connectivity index (χ2n) is 4.79. The van der Waals surface area contributed by atoms with Gasteiger partial charge in [0.15, 0.2) is 0 Å². The van der Waals surface area contributed by atoms with Gasteiger partial charge in [-0.2, -0.15) is 24.6 Å². The third-order valence-electron chi connectivity index (χ3n) is 3.51. The summed E-state index contributed by atoms with van der Waals surface area (Å²) >= 11 is 0. The molecule has 8 heteroatoms. The van der Waals surface area contributed by atoms with Gasteiger partial charge in [-0.3, -0.25) is 0 Å². The highest BCUT2D eigenvalue weighted by molar-refractivity contribution is 7.89. The molecule has 1 saturated heterocycles. The molecule has 3 rings (SSSR count). The number of hydrogen-bond acceptors (Lipinski definition) is 5. The number of rotatable bonds is 3. The molecule has 108 valence electrons. The molecule has 0 saturated carbocycles. The van der Waals surface area contributed by atoms with Gasteiger partial charge < -0.3 is 0 Å². The summed E-state index contributed by atoms with van der Waals surface area (Å²) in [5.41, 5.74) is 0.439. The second kappa shape index (κ2) is 5.27. The van der Waals surface area contributed by atoms with Crippen molar-refractivity contribution in [1.82, 2.24) is 19.3 Å². The zero-order chi connectivity index (χ0) is 14.9. The minimum absolute atomic E-state index is 0.0341. The van der Waals surface area contributed by atoms with Gasteiger partial charge in [0.05, 0.1) is 35.0 Å². The smallest absolute Gasteiger partial charge is 0.207 e. The van der Waals surface area contributed by atoms with Crippen LogP contribution in [0.5, 0.6) is 0 Å². The zero-order valence-electron chi connectivity index (χ0n) is 11.1. The van der Waals surface area contributed by atoms with Gasteiger partial charge in [-0.05, 0) is 30.7 Å². The lowest BCUT2D eigenvalue weighted by Crippen LogP contribution is -2.29. The summed E-state index contributed by atoms with van der Waals surface area (Å²) in [5.74, 6) is 0. The maximum absolute atomic E-state index is 12.5. The van der Waals surface area contributed by atoms with E-state index in [2.05, 4.69) is 10.2 Å². The van der Waals surface area contributed by atoms with Crippen molar-refractivity contribution < 1.29 is 8.42 Å². The zero-order valence-corrected chi connectivity index (χ0v) is 11.9. The van der Waals surface area contributed by atoms with Crippen molar-refractivity contribution in [3.8, 4) is 6.07 Å². The average molecular weight is 303 g/mol. The van der Waals surface area contributed by atoms with E-state index in [1.807, 2.05) is 6.07 Å². The molecular formula is C13H13N5O2S. The predicted molar refractivity (Wildman–Crippen MR) is 73.6 cm³/mol. The van der Waals surface area contributed by atoms with Crippen molar-refractivity contribution in [3.63, 3.8) is 0 Å². The average Bonchev–Trinajstić information content (AvgIpc) is 3.18. The molecule has 1 unspecified atom stereocenters. The fourth-order valence-corrected chi connectivity index (χ4v) is 3.87. The largest absolute Gasteiger partial charge is 0.243 e. The molecule has 2 aromatic rings. The van der Waals surface area contributed by atoms with Crippen LogP contribution in [0.25, 0.3) is 0 Å². The van der Waals surface area contributed by atoms with E-state index in [-0.39, 0.29) is 10.9 Å². The Bertz CT molecular complexity index is 762. The van der Waals surface area contributed by atoms with Crippen LogP contribution >= 0.6 is 0 Å². The van der Waals surface area contributed by atoms with Crippen molar-refractivity contribution in [1.29, 1.82) is 5.26 Å². The Kier molecular flexibility index (Phi) is 3.45. The Morgan fingerprint density at radius 1 is 1.19 bits per heavy atom. The fraction of sp³-hybridized carbons (Fsp3) is 0.308. The Balaban J connectivity index is 1.81. The van der Waals surface area contributed by atoms with Crippen LogP contribution in [0.4, 0.5) is 0 Å². The number of nitriles is 1. The molecule has 1 atom stereocenters. The van der Waals surface area contributed by atoms with E-state index in [1.54, 1.807) is 17.2 Å². The number of hydrogen-bond donors (Lipinski definition) is 0. The van der Waals surface area contributed by atoms with E-state index in [4.69, 9.17) is 5.26 Å². The number of benzene rings is 1. The van der Waals surface area contributed by atoms with Crippen LogP contribution in [-0.2, 0) is 10.0 Å². The van der Waals surface area contributed by atoms with Crippen LogP contribution < -0.4 is 0 Å². The summed E-state index contributed by atoms with van der Waals surface area (Å²) in [6.07, 6.45) is 3.85. The molecule has 0 aliphatic carbocycles. The maximum Gasteiger partial charge on any atom is 0.243 e. The number of sulfonamides is 1. The minimum Gasteiger partial charge on any atom is -0.207 e. The molecular weight excluding hydrogens is 290 g/mol. The standard InChI is InChI=1S/C13H13N5O2S/c14-9-11-1-3-13(4-2-11)21(19,20)17-8-5-12(10-17)18-15-6-7-16-18/h1-4,6-7,12H,5,8,10H2. The molecule has 1 aliphatic rings. The molecule has 2 heterocycles. The summed E-state index contributed by atoms with van der Waals surface area (Å²) in [7, 11) is -3.53. The fourth-order valence-electron chi connectivity index (χ4n) is 2.38. The van der Waals surface area contributed by atoms with Crippen molar-refractivity contribution in [2.75, 3.05) is 13.1 Å². The molecule has 0 N–H and O–H groups in total. The van der Waals surface area contributed by atoms with Gasteiger partial charge in [-0.25, -0.2) is 8.42 Å². The highest BCUT2D eigenvalue weighted by atomic mass is 32.2. The molecule has 0 spiro atoms. The third-order valence-corrected chi connectivity index (χ3v) is 5.39. The lowest BCUT2D eigenvalue weighted by molar-refractivity contribution is 0.402. The Hall–Kier alpha value is -2.24. The van der Waals surface area contributed by atoms with Crippen LogP contribution in [-0.4, -0.2) is 40.8 Å². The predicted octanol–water partition coefficient (Wildman–Crippen LogP) is 0.785. The van der Waals surface area contributed by atoms with Crippen LogP contribution in [0, 0.1) is 11.3 Å². The first-order valence-electron chi connectivity index (χ1n) is 6.47. The minimum atomic E-state index is -3.53. The highest BCUT2D eigenvalue weighted by Gasteiger charge is 2.34. The topological polar surface area (TPSA) is 91.9 Å². The van der Waals surface area contributed by atoms with E-state index in [0.29, 0.717) is 25.1 Å². The molecule has 0 bridgehead atoms. The first-order valence-corrected chi connectivity index (χ1v) is 7.91. The lowest BCUT2D eigenvalue weighted by atomic mass is 10.2. The summed E-state index contributed by atoms with van der Waals surface area (Å²) < 4.78 is 26.5. The van der Waals surface area contributed by atoms with Crippen LogP contribution in [0.1, 0.15) is 18.0 Å². The van der Waals surface area contributed by atoms with E-state index >= 15 is 0 Å². The summed E-state index contributed by atoms with van der Waals surface area (Å²) in [4.78, 5) is 1.75. The quantitative estimate of drug-likeness (QED) is 0.835. The van der Waals surface area contributed by atoms with Crippen molar-refractivity contribution in [2.45, 2.75) is 17.4 Å². The van der Waals surface area contributed by atoms with Gasteiger partial charge in [0, 0.05) is 13.1 Å². The van der Waals surface area contributed by atoms with Crippen molar-refractivity contribution >= 4 is 10.0 Å². The molecule has 1 aromatic carbocycles. The monoisotopic (exact) mass is 303 g/mol. The SMILES string of the molecule is N#Cc1ccc(S(=O)(=O)N2CCC(n3nccn3)C2)cc1. The first kappa shape index (κ1) is 13.7. The number of nitrogens with zero attached hydrogens (tertiary/aromatic N) is 5. The normalized spacial score (nSPS) is 19.5. The molecule has 1 fully saturated rings. The van der Waals surface area contributed by atoms with E-state index < -0.39 is 10.0 Å². The molecule has 1 aromatic heterocycles. The van der Waals surface area contributed by atoms with E-state index in [1.165, 1.54) is 28.6 Å². The van der Waals surface area contributed by atoms with Gasteiger partial charge in [0.25, 0.3) is 0 Å². The van der Waals surface area contributed by atoms with Crippen LogP contribution in [0.15, 0.2) is 41.6 Å². The lowest BCUT2D eigenvalue weighted by Gasteiger charge is -2.16. The maximum atomic E-state index is 12.5. The third kappa shape index (κ3) is 2.53. The van der Waals surface area contributed by atoms with Crippen LogP contribution in [0.3, 0.4) is 0 Å². The molecule has 7 nitrogen and oxygen atoms in total. The second-order valence-corrected chi connectivity index (χ2v) is 6.73. The first-order chi connectivity index (χ1) is 10.1. The van der Waals surface area contributed by atoms with Gasteiger partial charge in [-0.15, -0.1) is 0 Å². The number of aromatic nitrogens is 3. The molecule has 0 radical (unpaired) electrons. The van der Waals surface area contributed by atoms with Crippen molar-refractivity contribution in [2.24, 2.45) is 0 Å².